The molecule has 7 heteroatoms. The number of carbonyl (C=O) groups excluding carboxylic acids is 1. The Morgan fingerprint density at radius 3 is 2.33 bits per heavy atom. The average molecular weight is 221 g/mol. The monoisotopic (exact) mass is 221 g/mol. The highest BCUT2D eigenvalue weighted by Crippen LogP contribution is 2.20. The molecular weight excluding hydrogens is 206 g/mol. The van der Waals surface area contributed by atoms with Crippen LogP contribution in [0.2, 0.25) is 0 Å². The zero-order chi connectivity index (χ0) is 11.6. The van der Waals surface area contributed by atoms with Crippen LogP contribution < -0.4 is 5.32 Å². The molecule has 0 aromatic heterocycles. The summed E-state index contributed by atoms with van der Waals surface area (Å²) < 4.78 is 4.96. The predicted octanol–water partition coefficient (Wildman–Crippen LogP) is -3.43. The van der Waals surface area contributed by atoms with Gasteiger partial charge in [0.2, 0.25) is 0 Å². The molecule has 1 aliphatic rings. The van der Waals surface area contributed by atoms with Crippen molar-refractivity contribution in [2.75, 3.05) is 13.7 Å². The lowest BCUT2D eigenvalue weighted by Crippen LogP contribution is -2.62. The zero-order valence-corrected chi connectivity index (χ0v) is 8.20. The van der Waals surface area contributed by atoms with E-state index in [-0.39, 0.29) is 0 Å². The van der Waals surface area contributed by atoms with Crippen molar-refractivity contribution >= 4 is 5.91 Å². The van der Waals surface area contributed by atoms with Crippen molar-refractivity contribution in [2.45, 2.75) is 30.5 Å². The normalized spacial score (nSPS) is 41.3. The van der Waals surface area contributed by atoms with Gasteiger partial charge in [-0.25, -0.2) is 0 Å². The number of amides is 1. The lowest BCUT2D eigenvalue weighted by Gasteiger charge is -2.38. The van der Waals surface area contributed by atoms with Gasteiger partial charge in [0.1, 0.15) is 24.4 Å². The fourth-order valence-corrected chi connectivity index (χ4v) is 1.46. The van der Waals surface area contributed by atoms with Crippen molar-refractivity contribution < 1.29 is 30.0 Å². The molecule has 15 heavy (non-hydrogen) atoms. The topological polar surface area (TPSA) is 119 Å². The molecule has 1 rings (SSSR count). The first-order chi connectivity index (χ1) is 7.02. The smallest absolute Gasteiger partial charge is 0.251 e. The first kappa shape index (κ1) is 12.3. The highest BCUT2D eigenvalue weighted by atomic mass is 16.5. The Hall–Kier alpha value is -0.730. The third kappa shape index (κ3) is 2.27. The fourth-order valence-electron chi connectivity index (χ4n) is 1.46. The number of nitrogens with one attached hydrogen (secondary N) is 1. The van der Waals surface area contributed by atoms with Crippen LogP contribution in [0.25, 0.3) is 0 Å². The van der Waals surface area contributed by atoms with Crippen LogP contribution >= 0.6 is 0 Å². The van der Waals surface area contributed by atoms with Crippen molar-refractivity contribution in [3.63, 3.8) is 0 Å². The first-order valence-corrected chi connectivity index (χ1v) is 4.55. The lowest BCUT2D eigenvalue weighted by molar-refractivity contribution is -0.226. The van der Waals surface area contributed by atoms with Gasteiger partial charge in [0.15, 0.2) is 6.10 Å². The van der Waals surface area contributed by atoms with E-state index in [2.05, 4.69) is 5.32 Å². The molecular formula is C8H15NO6. The number of hydrogen-bond donors (Lipinski definition) is 5. The van der Waals surface area contributed by atoms with Gasteiger partial charge in [-0.05, 0) is 0 Å². The molecule has 0 saturated carbocycles. The third-order valence-corrected chi connectivity index (χ3v) is 2.40. The minimum absolute atomic E-state index is 0.543. The van der Waals surface area contributed by atoms with Gasteiger partial charge in [-0.1, -0.05) is 0 Å². The molecule has 0 aromatic rings. The van der Waals surface area contributed by atoms with Crippen molar-refractivity contribution in [1.82, 2.24) is 5.32 Å². The summed E-state index contributed by atoms with van der Waals surface area (Å²) >= 11 is 0. The van der Waals surface area contributed by atoms with Crippen LogP contribution in [-0.4, -0.2) is 70.5 Å². The molecule has 1 heterocycles. The van der Waals surface area contributed by atoms with Gasteiger partial charge < -0.3 is 30.5 Å². The number of carbonyl (C=O) groups is 1. The molecule has 1 fully saturated rings. The Morgan fingerprint density at radius 2 is 1.87 bits per heavy atom. The summed E-state index contributed by atoms with van der Waals surface area (Å²) in [6, 6.07) is 0. The van der Waals surface area contributed by atoms with Gasteiger partial charge in [-0.2, -0.15) is 0 Å². The van der Waals surface area contributed by atoms with E-state index in [0.29, 0.717) is 0 Å². The average Bonchev–Trinajstić information content (AvgIpc) is 2.25. The summed E-state index contributed by atoms with van der Waals surface area (Å²) in [7, 11) is 1.35. The van der Waals surface area contributed by atoms with E-state index in [9.17, 15) is 20.1 Å². The molecule has 0 bridgehead atoms. The molecule has 7 nitrogen and oxygen atoms in total. The summed E-state index contributed by atoms with van der Waals surface area (Å²) in [5.41, 5.74) is 0. The van der Waals surface area contributed by atoms with Crippen molar-refractivity contribution in [1.29, 1.82) is 0 Å². The molecule has 5 atom stereocenters. The summed E-state index contributed by atoms with van der Waals surface area (Å²) in [6.07, 6.45) is -6.80. The van der Waals surface area contributed by atoms with E-state index >= 15 is 0 Å². The highest BCUT2D eigenvalue weighted by molar-refractivity contribution is 5.81. The summed E-state index contributed by atoms with van der Waals surface area (Å²) in [5.74, 6) is -0.619. The standard InChI is InChI=1S/C8H15NO6/c1-9-8(14)7-6(13)5(12)4(11)3(2-10)15-7/h3-7,10-13H,2H2,1H3,(H,9,14)/t3?,4?,5?,6?,7-/m1/s1. The maximum Gasteiger partial charge on any atom is 0.251 e. The lowest BCUT2D eigenvalue weighted by atomic mass is 9.95. The molecule has 1 aliphatic heterocycles. The van der Waals surface area contributed by atoms with Crippen LogP contribution in [0.15, 0.2) is 0 Å². The Kier molecular flexibility index (Phi) is 4.00. The molecule has 1 amide bonds. The summed E-state index contributed by atoms with van der Waals surface area (Å²) in [4.78, 5) is 11.2. The molecule has 0 spiro atoms. The third-order valence-electron chi connectivity index (χ3n) is 2.40. The number of aliphatic hydroxyl groups is 4. The SMILES string of the molecule is CNC(=O)[C@@H]1OC(CO)C(O)C(O)C1O. The summed E-state index contributed by atoms with van der Waals surface area (Å²) in [5, 5.41) is 39.3. The quantitative estimate of drug-likeness (QED) is 0.331. The van der Waals surface area contributed by atoms with Crippen LogP contribution in [0.1, 0.15) is 0 Å². The van der Waals surface area contributed by atoms with Crippen LogP contribution in [0.3, 0.4) is 0 Å². The van der Waals surface area contributed by atoms with E-state index < -0.39 is 43.0 Å². The predicted molar refractivity (Wildman–Crippen MR) is 47.8 cm³/mol. The molecule has 4 unspecified atom stereocenters. The molecule has 0 aliphatic carbocycles. The molecule has 88 valence electrons. The second-order valence-electron chi connectivity index (χ2n) is 3.36. The van der Waals surface area contributed by atoms with Gasteiger partial charge in [0.05, 0.1) is 6.61 Å². The Balaban J connectivity index is 2.78. The summed E-state index contributed by atoms with van der Waals surface area (Å²) in [6.45, 7) is -0.543. The number of rotatable bonds is 2. The van der Waals surface area contributed by atoms with E-state index in [0.717, 1.165) is 0 Å². The van der Waals surface area contributed by atoms with Gasteiger partial charge in [-0.15, -0.1) is 0 Å². The van der Waals surface area contributed by atoms with E-state index in [1.807, 2.05) is 0 Å². The van der Waals surface area contributed by atoms with Crippen LogP contribution in [-0.2, 0) is 9.53 Å². The van der Waals surface area contributed by atoms with E-state index in [1.165, 1.54) is 7.05 Å². The number of hydrogen-bond acceptors (Lipinski definition) is 6. The van der Waals surface area contributed by atoms with E-state index in [4.69, 9.17) is 9.84 Å². The number of aliphatic hydroxyl groups excluding tert-OH is 4. The van der Waals surface area contributed by atoms with E-state index in [1.54, 1.807) is 0 Å². The maximum absolute atomic E-state index is 11.2. The second-order valence-corrected chi connectivity index (χ2v) is 3.36. The maximum atomic E-state index is 11.2. The first-order valence-electron chi connectivity index (χ1n) is 4.55. The van der Waals surface area contributed by atoms with Gasteiger partial charge in [0, 0.05) is 7.05 Å². The Bertz CT molecular complexity index is 233. The zero-order valence-electron chi connectivity index (χ0n) is 8.20. The Morgan fingerprint density at radius 1 is 1.27 bits per heavy atom. The number of ether oxygens (including phenoxy) is 1. The largest absolute Gasteiger partial charge is 0.394 e. The minimum atomic E-state index is -1.52. The molecule has 0 aromatic carbocycles. The van der Waals surface area contributed by atoms with Gasteiger partial charge in [0.25, 0.3) is 5.91 Å². The Labute approximate surface area is 86.3 Å². The van der Waals surface area contributed by atoms with Gasteiger partial charge >= 0.3 is 0 Å². The molecule has 5 N–H and O–H groups in total. The molecule has 1 saturated heterocycles. The fraction of sp³-hybridized carbons (Fsp3) is 0.875. The van der Waals surface area contributed by atoms with Crippen molar-refractivity contribution in [2.24, 2.45) is 0 Å². The molecule has 0 radical (unpaired) electrons. The van der Waals surface area contributed by atoms with Crippen molar-refractivity contribution in [3.8, 4) is 0 Å². The van der Waals surface area contributed by atoms with Crippen LogP contribution in [0.4, 0.5) is 0 Å². The minimum Gasteiger partial charge on any atom is -0.394 e. The second kappa shape index (κ2) is 4.86. The highest BCUT2D eigenvalue weighted by Gasteiger charge is 2.46. The van der Waals surface area contributed by atoms with Crippen LogP contribution in [0.5, 0.6) is 0 Å². The van der Waals surface area contributed by atoms with Crippen LogP contribution in [0, 0.1) is 0 Å². The number of likely N-dealkylation sites (N-methyl/N-ethyl adjacent to an activating group) is 1. The van der Waals surface area contributed by atoms with Crippen molar-refractivity contribution in [3.05, 3.63) is 0 Å². The van der Waals surface area contributed by atoms with Gasteiger partial charge in [-0.3, -0.25) is 4.79 Å².